The first-order valence-electron chi connectivity index (χ1n) is 13.5. The van der Waals surface area contributed by atoms with Gasteiger partial charge in [-0.15, -0.1) is 0 Å². The Morgan fingerprint density at radius 3 is 2.35 bits per heavy atom. The van der Waals surface area contributed by atoms with Gasteiger partial charge in [-0.2, -0.15) is 0 Å². The van der Waals surface area contributed by atoms with Gasteiger partial charge < -0.3 is 24.7 Å². The van der Waals surface area contributed by atoms with Crippen LogP contribution in [0.1, 0.15) is 20.7 Å². The van der Waals surface area contributed by atoms with Gasteiger partial charge in [-0.25, -0.2) is 18.4 Å². The molecule has 1 aliphatic rings. The molecule has 0 radical (unpaired) electrons. The second kappa shape index (κ2) is 11.7. The first-order valence-corrected chi connectivity index (χ1v) is 15.4. The van der Waals surface area contributed by atoms with Gasteiger partial charge >= 0.3 is 0 Å². The van der Waals surface area contributed by atoms with Gasteiger partial charge in [0.1, 0.15) is 0 Å². The Bertz CT molecular complexity index is 1910. The third kappa shape index (κ3) is 6.25. The summed E-state index contributed by atoms with van der Waals surface area (Å²) in [6, 6.07) is 20.3. The molecule has 43 heavy (non-hydrogen) atoms. The van der Waals surface area contributed by atoms with E-state index in [0.29, 0.717) is 60.3 Å². The Balaban J connectivity index is 1.22. The average molecular weight is 597 g/mol. The number of benzene rings is 3. The van der Waals surface area contributed by atoms with Crippen LogP contribution in [0, 0.1) is 0 Å². The second-order valence-electron chi connectivity index (χ2n) is 10.1. The predicted molar refractivity (Wildman–Crippen MR) is 162 cm³/mol. The van der Waals surface area contributed by atoms with Crippen LogP contribution >= 0.6 is 0 Å². The Hall–Kier alpha value is -5.07. The molecule has 0 saturated carbocycles. The maximum Gasteiger partial charge on any atom is 0.255 e. The lowest BCUT2D eigenvalue weighted by molar-refractivity contribution is 0.0303. The number of aromatic nitrogens is 3. The monoisotopic (exact) mass is 596 g/mol. The number of morpholine rings is 1. The normalized spacial score (nSPS) is 13.6. The number of hydrogen-bond donors (Lipinski definition) is 2. The van der Waals surface area contributed by atoms with Crippen molar-refractivity contribution in [2.45, 2.75) is 4.90 Å². The second-order valence-corrected chi connectivity index (χ2v) is 12.1. The van der Waals surface area contributed by atoms with Crippen molar-refractivity contribution in [3.05, 3.63) is 103 Å². The fourth-order valence-electron chi connectivity index (χ4n) is 4.75. The van der Waals surface area contributed by atoms with E-state index in [1.807, 2.05) is 47.1 Å². The van der Waals surface area contributed by atoms with Gasteiger partial charge in [0.2, 0.25) is 0 Å². The highest BCUT2D eigenvalue weighted by atomic mass is 32.2. The molecule has 2 aromatic heterocycles. The summed E-state index contributed by atoms with van der Waals surface area (Å²) in [5, 5.41) is 6.18. The number of nitrogens with one attached hydrogen (secondary N) is 2. The van der Waals surface area contributed by atoms with Crippen LogP contribution in [0.3, 0.4) is 0 Å². The Kier molecular flexibility index (Phi) is 7.61. The van der Waals surface area contributed by atoms with Crippen LogP contribution in [0.4, 0.5) is 17.2 Å². The van der Waals surface area contributed by atoms with Gasteiger partial charge in [0.05, 0.1) is 23.8 Å². The highest BCUT2D eigenvalue weighted by molar-refractivity contribution is 7.90. The highest BCUT2D eigenvalue weighted by Crippen LogP contribution is 2.27. The van der Waals surface area contributed by atoms with Gasteiger partial charge in [-0.3, -0.25) is 9.59 Å². The minimum absolute atomic E-state index is 0.0245. The summed E-state index contributed by atoms with van der Waals surface area (Å²) < 4.78 is 30.7. The molecule has 0 atom stereocenters. The Labute approximate surface area is 248 Å². The number of anilines is 3. The number of rotatable bonds is 7. The van der Waals surface area contributed by atoms with E-state index in [1.165, 1.54) is 24.3 Å². The van der Waals surface area contributed by atoms with E-state index in [9.17, 15) is 18.0 Å². The van der Waals surface area contributed by atoms with Crippen molar-refractivity contribution in [2.75, 3.05) is 43.2 Å². The molecule has 2 N–H and O–H groups in total. The molecule has 12 heteroatoms. The van der Waals surface area contributed by atoms with Gasteiger partial charge in [-0.1, -0.05) is 12.1 Å². The molecule has 3 heterocycles. The van der Waals surface area contributed by atoms with Crippen molar-refractivity contribution in [1.82, 2.24) is 19.3 Å². The van der Waals surface area contributed by atoms with E-state index >= 15 is 0 Å². The number of carbonyl (C=O) groups excluding carboxylic acids is 2. The van der Waals surface area contributed by atoms with Crippen LogP contribution in [0.15, 0.2) is 96.3 Å². The highest BCUT2D eigenvalue weighted by Gasteiger charge is 2.19. The molecule has 6 rings (SSSR count). The molecule has 1 saturated heterocycles. The Morgan fingerprint density at radius 2 is 1.63 bits per heavy atom. The molecule has 0 aliphatic carbocycles. The number of amides is 2. The maximum absolute atomic E-state index is 12.8. The molecular weight excluding hydrogens is 568 g/mol. The first kappa shape index (κ1) is 28.1. The van der Waals surface area contributed by atoms with Gasteiger partial charge in [0.25, 0.3) is 11.8 Å². The number of nitrogens with zero attached hydrogens (tertiary/aromatic N) is 4. The zero-order chi connectivity index (χ0) is 30.0. The molecule has 5 aromatic rings. The van der Waals surface area contributed by atoms with Crippen molar-refractivity contribution < 1.29 is 22.7 Å². The summed E-state index contributed by atoms with van der Waals surface area (Å²) in [6.45, 7) is 2.25. The fourth-order valence-corrected chi connectivity index (χ4v) is 5.38. The standard InChI is InChI=1S/C31H28N6O5S/c1-43(40,41)26-11-7-21(8-12-26)30(38)34-25-4-2-3-23(19-25)27-20-37-14-13-32-29(37)28(35-27)33-24-9-5-22(6-10-24)31(39)36-15-17-42-18-16-36/h2-14,19-20H,15-18H2,1H3,(H,33,35)(H,34,38). The SMILES string of the molecule is CS(=O)(=O)c1ccc(C(=O)Nc2cccc(-c3cn4ccnc4c(Nc4ccc(C(=O)N5CCOCC5)cc4)n3)c2)cc1. The van der Waals surface area contributed by atoms with Crippen molar-refractivity contribution in [1.29, 1.82) is 0 Å². The molecule has 0 bridgehead atoms. The number of carbonyl (C=O) groups is 2. The number of hydrogen-bond acceptors (Lipinski definition) is 8. The summed E-state index contributed by atoms with van der Waals surface area (Å²) in [7, 11) is -3.35. The minimum atomic E-state index is -3.35. The molecule has 1 aliphatic heterocycles. The van der Waals surface area contributed by atoms with E-state index in [1.54, 1.807) is 29.3 Å². The summed E-state index contributed by atoms with van der Waals surface area (Å²) >= 11 is 0. The molecule has 2 amide bonds. The summed E-state index contributed by atoms with van der Waals surface area (Å²) in [6.07, 6.45) is 6.47. The topological polar surface area (TPSA) is 135 Å². The molecular formula is C31H28N6O5S. The number of fused-ring (bicyclic) bond motifs is 1. The fraction of sp³-hybridized carbons (Fsp3) is 0.161. The van der Waals surface area contributed by atoms with Crippen LogP contribution in [0.25, 0.3) is 16.9 Å². The van der Waals surface area contributed by atoms with E-state index in [2.05, 4.69) is 15.6 Å². The van der Waals surface area contributed by atoms with Crippen molar-refractivity contribution in [2.24, 2.45) is 0 Å². The number of sulfone groups is 1. The summed E-state index contributed by atoms with van der Waals surface area (Å²) in [4.78, 5) is 36.9. The molecule has 11 nitrogen and oxygen atoms in total. The number of imidazole rings is 1. The van der Waals surface area contributed by atoms with Crippen LogP contribution in [0.5, 0.6) is 0 Å². The zero-order valence-electron chi connectivity index (χ0n) is 23.2. The minimum Gasteiger partial charge on any atom is -0.378 e. The summed E-state index contributed by atoms with van der Waals surface area (Å²) in [5.41, 5.74) is 4.26. The van der Waals surface area contributed by atoms with E-state index in [4.69, 9.17) is 9.72 Å². The molecule has 0 unspecified atom stereocenters. The van der Waals surface area contributed by atoms with Crippen LogP contribution in [-0.4, -0.2) is 72.1 Å². The molecule has 218 valence electrons. The lowest BCUT2D eigenvalue weighted by Gasteiger charge is -2.26. The maximum atomic E-state index is 12.8. The largest absolute Gasteiger partial charge is 0.378 e. The lowest BCUT2D eigenvalue weighted by Crippen LogP contribution is -2.40. The van der Waals surface area contributed by atoms with Crippen LogP contribution in [-0.2, 0) is 14.6 Å². The van der Waals surface area contributed by atoms with Crippen molar-refractivity contribution in [3.63, 3.8) is 0 Å². The third-order valence-corrected chi connectivity index (χ3v) is 8.16. The average Bonchev–Trinajstić information content (AvgIpc) is 3.51. The third-order valence-electron chi connectivity index (χ3n) is 7.03. The van der Waals surface area contributed by atoms with Crippen LogP contribution < -0.4 is 10.6 Å². The van der Waals surface area contributed by atoms with Crippen molar-refractivity contribution in [3.8, 4) is 11.3 Å². The van der Waals surface area contributed by atoms with Crippen LogP contribution in [0.2, 0.25) is 0 Å². The molecule has 1 fully saturated rings. The number of ether oxygens (including phenoxy) is 1. The Morgan fingerprint density at radius 1 is 0.907 bits per heavy atom. The van der Waals surface area contributed by atoms with Gasteiger partial charge in [0, 0.05) is 66.0 Å². The predicted octanol–water partition coefficient (Wildman–Crippen LogP) is 4.27. The van der Waals surface area contributed by atoms with Gasteiger partial charge in [-0.05, 0) is 60.7 Å². The molecule has 0 spiro atoms. The van der Waals surface area contributed by atoms with Gasteiger partial charge in [0.15, 0.2) is 21.3 Å². The van der Waals surface area contributed by atoms with E-state index in [0.717, 1.165) is 17.5 Å². The lowest BCUT2D eigenvalue weighted by atomic mass is 10.1. The summed E-state index contributed by atoms with van der Waals surface area (Å²) in [5.74, 6) is 0.131. The quantitative estimate of drug-likeness (QED) is 0.285. The van der Waals surface area contributed by atoms with E-state index < -0.39 is 9.84 Å². The first-order chi connectivity index (χ1) is 20.7. The molecule has 3 aromatic carbocycles. The smallest absolute Gasteiger partial charge is 0.255 e. The van der Waals surface area contributed by atoms with E-state index in [-0.39, 0.29) is 16.7 Å². The van der Waals surface area contributed by atoms with Crippen molar-refractivity contribution >= 4 is 44.5 Å². The zero-order valence-corrected chi connectivity index (χ0v) is 24.0.